The minimum absolute atomic E-state index is 0.121. The molecule has 0 atom stereocenters. The number of hydrogen-bond acceptors (Lipinski definition) is 5. The number of rotatable bonds is 4. The van der Waals surface area contributed by atoms with Crippen LogP contribution in [0.2, 0.25) is 0 Å². The predicted octanol–water partition coefficient (Wildman–Crippen LogP) is 0.953. The molecule has 1 aromatic rings. The van der Waals surface area contributed by atoms with Crippen LogP contribution >= 0.6 is 0 Å². The average molecular weight is 219 g/mol. The van der Waals surface area contributed by atoms with E-state index in [1.54, 1.807) is 37.1 Å². The van der Waals surface area contributed by atoms with Crippen molar-refractivity contribution in [1.82, 2.24) is 4.98 Å². The van der Waals surface area contributed by atoms with Gasteiger partial charge in [0.05, 0.1) is 6.61 Å². The Bertz CT molecular complexity index is 412. The Morgan fingerprint density at radius 2 is 2.38 bits per heavy atom. The summed E-state index contributed by atoms with van der Waals surface area (Å²) in [6.45, 7) is 2.24. The fraction of sp³-hybridized carbons (Fsp3) is 0.364. The number of carbonyl (C=O) groups is 1. The highest BCUT2D eigenvalue weighted by Gasteiger charge is 2.09. The molecule has 0 bridgehead atoms. The Morgan fingerprint density at radius 1 is 1.62 bits per heavy atom. The molecule has 0 aliphatic heterocycles. The highest BCUT2D eigenvalue weighted by atomic mass is 16.5. The maximum atomic E-state index is 11.2. The second-order valence-corrected chi connectivity index (χ2v) is 3.15. The zero-order valence-electron chi connectivity index (χ0n) is 9.30. The van der Waals surface area contributed by atoms with E-state index in [0.717, 1.165) is 0 Å². The molecule has 0 N–H and O–H groups in total. The molecule has 1 rings (SSSR count). The molecule has 0 amide bonds. The zero-order chi connectivity index (χ0) is 12.0. The van der Waals surface area contributed by atoms with E-state index in [0.29, 0.717) is 18.1 Å². The first-order chi connectivity index (χ1) is 7.67. The van der Waals surface area contributed by atoms with Crippen LogP contribution in [0.25, 0.3) is 0 Å². The smallest absolute Gasteiger partial charge is 0.325 e. The number of hydrogen-bond donors (Lipinski definition) is 0. The first kappa shape index (κ1) is 12.0. The van der Waals surface area contributed by atoms with Gasteiger partial charge in [0.1, 0.15) is 24.1 Å². The molecule has 0 spiro atoms. The molecule has 1 heterocycles. The molecule has 0 aromatic carbocycles. The number of likely N-dealkylation sites (N-methyl/N-ethyl adjacent to an activating group) is 1. The van der Waals surface area contributed by atoms with Crippen LogP contribution in [0.5, 0.6) is 0 Å². The lowest BCUT2D eigenvalue weighted by atomic mass is 10.3. The number of carbonyl (C=O) groups excluding carboxylic acids is 1. The summed E-state index contributed by atoms with van der Waals surface area (Å²) < 4.78 is 4.82. The Hall–Kier alpha value is -2.09. The molecule has 0 fully saturated rings. The lowest BCUT2D eigenvalue weighted by molar-refractivity contribution is -0.141. The first-order valence-electron chi connectivity index (χ1n) is 4.91. The molecule has 84 valence electrons. The second kappa shape index (κ2) is 5.71. The van der Waals surface area contributed by atoms with E-state index in [1.165, 1.54) is 0 Å². The quantitative estimate of drug-likeness (QED) is 0.705. The van der Waals surface area contributed by atoms with E-state index < -0.39 is 0 Å². The third-order valence-corrected chi connectivity index (χ3v) is 1.91. The Morgan fingerprint density at radius 3 is 3.00 bits per heavy atom. The fourth-order valence-corrected chi connectivity index (χ4v) is 1.18. The van der Waals surface area contributed by atoms with Gasteiger partial charge in [0.25, 0.3) is 0 Å². The van der Waals surface area contributed by atoms with Crippen LogP contribution < -0.4 is 4.90 Å². The molecule has 16 heavy (non-hydrogen) atoms. The number of ether oxygens (including phenoxy) is 1. The summed E-state index contributed by atoms with van der Waals surface area (Å²) >= 11 is 0. The van der Waals surface area contributed by atoms with Gasteiger partial charge in [0.2, 0.25) is 0 Å². The number of esters is 1. The van der Waals surface area contributed by atoms with Gasteiger partial charge in [-0.3, -0.25) is 4.79 Å². The molecular weight excluding hydrogens is 206 g/mol. The maximum absolute atomic E-state index is 11.2. The molecule has 0 radical (unpaired) electrons. The van der Waals surface area contributed by atoms with Crippen molar-refractivity contribution >= 4 is 11.8 Å². The largest absolute Gasteiger partial charge is 0.465 e. The van der Waals surface area contributed by atoms with Gasteiger partial charge in [-0.1, -0.05) is 6.07 Å². The summed E-state index contributed by atoms with van der Waals surface area (Å²) in [6, 6.07) is 7.02. The molecule has 0 saturated carbocycles. The maximum Gasteiger partial charge on any atom is 0.325 e. The van der Waals surface area contributed by atoms with E-state index in [9.17, 15) is 4.79 Å². The lowest BCUT2D eigenvalue weighted by Crippen LogP contribution is -2.27. The molecule has 0 aliphatic carbocycles. The summed E-state index contributed by atoms with van der Waals surface area (Å²) in [5, 5.41) is 8.69. The highest BCUT2D eigenvalue weighted by Crippen LogP contribution is 2.08. The fourth-order valence-electron chi connectivity index (χ4n) is 1.18. The van der Waals surface area contributed by atoms with Crippen LogP contribution in [0.3, 0.4) is 0 Å². The zero-order valence-corrected chi connectivity index (χ0v) is 9.30. The van der Waals surface area contributed by atoms with Crippen molar-refractivity contribution in [1.29, 1.82) is 5.26 Å². The van der Waals surface area contributed by atoms with Crippen LogP contribution in [0, 0.1) is 11.3 Å². The minimum atomic E-state index is -0.311. The van der Waals surface area contributed by atoms with Gasteiger partial charge in [-0.25, -0.2) is 4.98 Å². The van der Waals surface area contributed by atoms with Gasteiger partial charge in [0.15, 0.2) is 0 Å². The Kier molecular flexibility index (Phi) is 4.28. The van der Waals surface area contributed by atoms with E-state index in [4.69, 9.17) is 10.00 Å². The number of anilines is 1. The van der Waals surface area contributed by atoms with Gasteiger partial charge in [0, 0.05) is 7.05 Å². The lowest BCUT2D eigenvalue weighted by Gasteiger charge is -2.16. The van der Waals surface area contributed by atoms with Gasteiger partial charge in [-0.05, 0) is 19.1 Å². The summed E-state index contributed by atoms with van der Waals surface area (Å²) in [5.74, 6) is 0.265. The van der Waals surface area contributed by atoms with Gasteiger partial charge >= 0.3 is 5.97 Å². The summed E-state index contributed by atoms with van der Waals surface area (Å²) in [6.07, 6.45) is 0. The third kappa shape index (κ3) is 3.24. The van der Waals surface area contributed by atoms with Crippen molar-refractivity contribution in [3.8, 4) is 6.07 Å². The third-order valence-electron chi connectivity index (χ3n) is 1.91. The van der Waals surface area contributed by atoms with Crippen molar-refractivity contribution in [2.24, 2.45) is 0 Å². The van der Waals surface area contributed by atoms with Crippen molar-refractivity contribution in [3.05, 3.63) is 23.9 Å². The molecule has 0 aliphatic rings. The normalized spacial score (nSPS) is 9.31. The van der Waals surface area contributed by atoms with Gasteiger partial charge < -0.3 is 9.64 Å². The summed E-state index contributed by atoms with van der Waals surface area (Å²) in [4.78, 5) is 16.9. The van der Waals surface area contributed by atoms with Gasteiger partial charge in [-0.15, -0.1) is 0 Å². The van der Waals surface area contributed by atoms with Crippen LogP contribution in [0.15, 0.2) is 18.2 Å². The number of aromatic nitrogens is 1. The van der Waals surface area contributed by atoms with Crippen molar-refractivity contribution in [3.63, 3.8) is 0 Å². The van der Waals surface area contributed by atoms with E-state index in [1.807, 2.05) is 6.07 Å². The highest BCUT2D eigenvalue weighted by molar-refractivity contribution is 5.75. The number of nitriles is 1. The van der Waals surface area contributed by atoms with Crippen molar-refractivity contribution < 1.29 is 9.53 Å². The van der Waals surface area contributed by atoms with E-state index in [-0.39, 0.29) is 12.5 Å². The molecule has 1 aromatic heterocycles. The van der Waals surface area contributed by atoms with Crippen LogP contribution in [0.4, 0.5) is 5.82 Å². The van der Waals surface area contributed by atoms with Crippen LogP contribution in [-0.2, 0) is 9.53 Å². The van der Waals surface area contributed by atoms with Crippen molar-refractivity contribution in [2.75, 3.05) is 25.1 Å². The monoisotopic (exact) mass is 219 g/mol. The van der Waals surface area contributed by atoms with Gasteiger partial charge in [-0.2, -0.15) is 5.26 Å². The molecule has 5 nitrogen and oxygen atoms in total. The average Bonchev–Trinajstić information content (AvgIpc) is 2.29. The van der Waals surface area contributed by atoms with E-state index >= 15 is 0 Å². The number of nitrogens with zero attached hydrogens (tertiary/aromatic N) is 3. The summed E-state index contributed by atoms with van der Waals surface area (Å²) in [5.41, 5.74) is 0.327. The number of pyridine rings is 1. The SMILES string of the molecule is CCOC(=O)CN(C)c1cccc(C#N)n1. The Labute approximate surface area is 94.3 Å². The van der Waals surface area contributed by atoms with Crippen LogP contribution in [-0.4, -0.2) is 31.2 Å². The predicted molar refractivity (Wildman–Crippen MR) is 58.9 cm³/mol. The molecular formula is C11H13N3O2. The first-order valence-corrected chi connectivity index (χ1v) is 4.91. The topological polar surface area (TPSA) is 66.2 Å². The molecule has 0 unspecified atom stereocenters. The minimum Gasteiger partial charge on any atom is -0.465 e. The van der Waals surface area contributed by atoms with Crippen molar-refractivity contribution in [2.45, 2.75) is 6.92 Å². The molecule has 5 heteroatoms. The van der Waals surface area contributed by atoms with E-state index in [2.05, 4.69) is 4.98 Å². The standard InChI is InChI=1S/C11H13N3O2/c1-3-16-11(15)8-14(2)10-6-4-5-9(7-12)13-10/h4-6H,3,8H2,1-2H3. The second-order valence-electron chi connectivity index (χ2n) is 3.15. The molecule has 0 saturated heterocycles. The Balaban J connectivity index is 2.69. The van der Waals surface area contributed by atoms with Crippen LogP contribution in [0.1, 0.15) is 12.6 Å². The summed E-state index contributed by atoms with van der Waals surface area (Å²) in [7, 11) is 1.72.